The number of aliphatic hydroxyl groups excluding tert-OH is 2. The second-order valence-electron chi connectivity index (χ2n) is 23.6. The predicted molar refractivity (Wildman–Crippen MR) is 359 cm³/mol. The molecule has 0 spiro atoms. The lowest BCUT2D eigenvalue weighted by molar-refractivity contribution is -0.123. The van der Waals surface area contributed by atoms with E-state index in [0.29, 0.717) is 6.42 Å². The van der Waals surface area contributed by atoms with Gasteiger partial charge in [0, 0.05) is 6.42 Å². The third kappa shape index (κ3) is 65.9. The predicted octanol–water partition coefficient (Wildman–Crippen LogP) is 24.2. The van der Waals surface area contributed by atoms with Gasteiger partial charge in [0.1, 0.15) is 0 Å². The Hall–Kier alpha value is -2.95. The molecule has 4 heteroatoms. The number of rotatable bonds is 64. The molecule has 0 heterocycles. The van der Waals surface area contributed by atoms with Gasteiger partial charge in [-0.3, -0.25) is 4.79 Å². The van der Waals surface area contributed by atoms with Crippen LogP contribution in [0.15, 0.2) is 109 Å². The highest BCUT2D eigenvalue weighted by atomic mass is 16.3. The van der Waals surface area contributed by atoms with Crippen molar-refractivity contribution in [3.8, 4) is 0 Å². The molecule has 3 N–H and O–H groups in total. The van der Waals surface area contributed by atoms with Crippen molar-refractivity contribution in [1.29, 1.82) is 0 Å². The van der Waals surface area contributed by atoms with Crippen molar-refractivity contribution >= 4 is 5.91 Å². The van der Waals surface area contributed by atoms with Crippen LogP contribution in [-0.4, -0.2) is 34.9 Å². The molecule has 0 fully saturated rings. The van der Waals surface area contributed by atoms with Crippen molar-refractivity contribution in [3.05, 3.63) is 109 Å². The Morgan fingerprint density at radius 1 is 0.312 bits per heavy atom. The maximum absolute atomic E-state index is 12.5. The van der Waals surface area contributed by atoms with E-state index in [-0.39, 0.29) is 12.5 Å². The van der Waals surface area contributed by atoms with Crippen molar-refractivity contribution in [2.75, 3.05) is 6.61 Å². The molecule has 0 aliphatic heterocycles. The van der Waals surface area contributed by atoms with Crippen molar-refractivity contribution in [3.63, 3.8) is 0 Å². The zero-order valence-corrected chi connectivity index (χ0v) is 53.3. The van der Waals surface area contributed by atoms with Gasteiger partial charge in [-0.1, -0.05) is 367 Å². The van der Waals surface area contributed by atoms with Crippen LogP contribution in [0.3, 0.4) is 0 Å². The first-order valence-electron chi connectivity index (χ1n) is 35.1. The normalized spacial score (nSPS) is 13.4. The molecular weight excluding hydrogens is 975 g/mol. The molecule has 0 saturated heterocycles. The van der Waals surface area contributed by atoms with Crippen LogP contribution in [-0.2, 0) is 4.79 Å². The van der Waals surface area contributed by atoms with Gasteiger partial charge in [0.25, 0.3) is 0 Å². The summed E-state index contributed by atoms with van der Waals surface area (Å²) in [6, 6.07) is -0.634. The molecule has 0 aromatic carbocycles. The molecule has 0 bridgehead atoms. The SMILES string of the molecule is CC/C=C\C/C=C\C/C=C\C/C=C\C/C=C\C/C=C\C/C=C\C/C=C\CCCCCCCCCCCCC(=O)NC(CO)C(O)/C=C/CCCCCCCCCCCCCCCCCCCCCCCCCCCCCCCCC. The van der Waals surface area contributed by atoms with Crippen molar-refractivity contribution in [2.24, 2.45) is 0 Å². The third-order valence-corrected chi connectivity index (χ3v) is 15.8. The van der Waals surface area contributed by atoms with E-state index in [9.17, 15) is 15.0 Å². The minimum absolute atomic E-state index is 0.0687. The summed E-state index contributed by atoms with van der Waals surface area (Å²) in [4.78, 5) is 12.5. The molecule has 0 saturated carbocycles. The van der Waals surface area contributed by atoms with Crippen LogP contribution in [0.25, 0.3) is 0 Å². The van der Waals surface area contributed by atoms with Gasteiger partial charge in [-0.25, -0.2) is 0 Å². The molecule has 0 rings (SSSR count). The topological polar surface area (TPSA) is 69.6 Å². The summed E-state index contributed by atoms with van der Waals surface area (Å²) in [7, 11) is 0. The molecular formula is C76H135NO3. The number of nitrogens with one attached hydrogen (secondary N) is 1. The van der Waals surface area contributed by atoms with Crippen molar-refractivity contribution in [2.45, 2.75) is 360 Å². The van der Waals surface area contributed by atoms with E-state index in [1.54, 1.807) is 6.08 Å². The fraction of sp³-hybridized carbons (Fsp3) is 0.750. The fourth-order valence-electron chi connectivity index (χ4n) is 10.5. The van der Waals surface area contributed by atoms with E-state index in [1.807, 2.05) is 6.08 Å². The van der Waals surface area contributed by atoms with E-state index in [4.69, 9.17) is 0 Å². The molecule has 80 heavy (non-hydrogen) atoms. The zero-order valence-electron chi connectivity index (χ0n) is 53.3. The number of hydrogen-bond donors (Lipinski definition) is 3. The molecule has 1 amide bonds. The Kier molecular flexibility index (Phi) is 67.7. The third-order valence-electron chi connectivity index (χ3n) is 15.8. The van der Waals surface area contributed by atoms with E-state index in [1.165, 1.54) is 250 Å². The Bertz CT molecular complexity index is 1490. The quantitative estimate of drug-likeness (QED) is 0.0420. The lowest BCUT2D eigenvalue weighted by Crippen LogP contribution is -2.45. The molecule has 0 aromatic rings. The summed E-state index contributed by atoms with van der Waals surface area (Å²) in [6.45, 7) is 4.22. The smallest absolute Gasteiger partial charge is 0.220 e. The van der Waals surface area contributed by atoms with Gasteiger partial charge >= 0.3 is 0 Å². The number of unbranched alkanes of at least 4 members (excludes halogenated alkanes) is 41. The molecule has 462 valence electrons. The number of allylic oxidation sites excluding steroid dienone is 17. The highest BCUT2D eigenvalue weighted by Gasteiger charge is 2.18. The Morgan fingerprint density at radius 2 is 0.550 bits per heavy atom. The summed E-state index contributed by atoms with van der Waals surface area (Å²) in [6.07, 6.45) is 106. The fourth-order valence-corrected chi connectivity index (χ4v) is 10.5. The molecule has 4 nitrogen and oxygen atoms in total. The van der Waals surface area contributed by atoms with E-state index < -0.39 is 12.1 Å². The highest BCUT2D eigenvalue weighted by Crippen LogP contribution is 2.18. The van der Waals surface area contributed by atoms with Crippen LogP contribution >= 0.6 is 0 Å². The largest absolute Gasteiger partial charge is 0.394 e. The van der Waals surface area contributed by atoms with Crippen LogP contribution < -0.4 is 5.32 Å². The minimum atomic E-state index is -0.850. The summed E-state index contributed by atoms with van der Waals surface area (Å²) in [5.41, 5.74) is 0. The number of carbonyl (C=O) groups excluding carboxylic acids is 1. The molecule has 0 aromatic heterocycles. The van der Waals surface area contributed by atoms with Gasteiger partial charge in [0.05, 0.1) is 18.8 Å². The van der Waals surface area contributed by atoms with Crippen molar-refractivity contribution in [1.82, 2.24) is 5.32 Å². The Balaban J connectivity index is 3.51. The molecule has 0 aliphatic carbocycles. The first kappa shape index (κ1) is 77.0. The zero-order chi connectivity index (χ0) is 57.6. The van der Waals surface area contributed by atoms with Gasteiger partial charge in [-0.2, -0.15) is 0 Å². The van der Waals surface area contributed by atoms with Gasteiger partial charge in [0.2, 0.25) is 5.91 Å². The monoisotopic (exact) mass is 1110 g/mol. The lowest BCUT2D eigenvalue weighted by Gasteiger charge is -2.20. The van der Waals surface area contributed by atoms with Gasteiger partial charge in [-0.05, 0) is 83.5 Å². The molecule has 0 aliphatic rings. The van der Waals surface area contributed by atoms with Gasteiger partial charge in [0.15, 0.2) is 0 Å². The van der Waals surface area contributed by atoms with E-state index in [2.05, 4.69) is 116 Å². The van der Waals surface area contributed by atoms with Gasteiger partial charge < -0.3 is 15.5 Å². The maximum atomic E-state index is 12.5. The van der Waals surface area contributed by atoms with Crippen LogP contribution in [0, 0.1) is 0 Å². The first-order valence-corrected chi connectivity index (χ1v) is 35.1. The van der Waals surface area contributed by atoms with Crippen LogP contribution in [0.4, 0.5) is 0 Å². The van der Waals surface area contributed by atoms with Crippen LogP contribution in [0.5, 0.6) is 0 Å². The summed E-state index contributed by atoms with van der Waals surface area (Å²) in [5, 5.41) is 23.3. The number of amides is 1. The van der Waals surface area contributed by atoms with Crippen LogP contribution in [0.2, 0.25) is 0 Å². The number of hydrogen-bond acceptors (Lipinski definition) is 3. The highest BCUT2D eigenvalue weighted by molar-refractivity contribution is 5.76. The average Bonchev–Trinajstić information content (AvgIpc) is 3.46. The standard InChI is InChI=1S/C76H135NO3/c1-3-5-7-9-11-13-15-17-19-21-23-25-27-29-31-33-35-37-38-40-42-44-46-48-50-52-54-56-58-60-62-64-66-68-70-72-76(80)77-74(73-78)75(79)71-69-67-65-63-61-59-57-55-53-51-49-47-45-43-41-39-36-34-32-30-28-26-24-22-20-18-16-14-12-10-8-6-4-2/h5,7,11,13,17,19,23,25,29,31,35,37,40,42,46,48,69,71,74-75,78-79H,3-4,6,8-10,12,14-16,18,20-22,24,26-28,30,32-34,36,38-39,41,43-45,47,49-68,70,72-73H2,1-2H3,(H,77,80)/b7-5-,13-11-,19-17-,25-23-,31-29-,37-35-,42-40-,48-46-,71-69+. The Morgan fingerprint density at radius 3 is 0.825 bits per heavy atom. The summed E-state index contributed by atoms with van der Waals surface area (Å²) < 4.78 is 0. The molecule has 0 radical (unpaired) electrons. The van der Waals surface area contributed by atoms with E-state index >= 15 is 0 Å². The number of carbonyl (C=O) groups is 1. The van der Waals surface area contributed by atoms with Gasteiger partial charge in [-0.15, -0.1) is 0 Å². The van der Waals surface area contributed by atoms with E-state index in [0.717, 1.165) is 77.0 Å². The first-order chi connectivity index (χ1) is 39.7. The number of aliphatic hydroxyl groups is 2. The Labute approximate surface area is 499 Å². The lowest BCUT2D eigenvalue weighted by atomic mass is 10.0. The van der Waals surface area contributed by atoms with Crippen LogP contribution in [0.1, 0.15) is 348 Å². The maximum Gasteiger partial charge on any atom is 0.220 e. The molecule has 2 atom stereocenters. The summed E-state index contributed by atoms with van der Waals surface area (Å²) >= 11 is 0. The average molecular weight is 1110 g/mol. The second kappa shape index (κ2) is 70.3. The molecule has 2 unspecified atom stereocenters. The summed E-state index contributed by atoms with van der Waals surface area (Å²) in [5.74, 6) is -0.0687. The second-order valence-corrected chi connectivity index (χ2v) is 23.6. The minimum Gasteiger partial charge on any atom is -0.394 e. The van der Waals surface area contributed by atoms with Crippen molar-refractivity contribution < 1.29 is 15.0 Å².